The summed E-state index contributed by atoms with van der Waals surface area (Å²) in [4.78, 5) is 27.6. The second kappa shape index (κ2) is 9.79. The predicted octanol–water partition coefficient (Wildman–Crippen LogP) is 6.58. The third-order valence-corrected chi connectivity index (χ3v) is 8.87. The molecule has 0 bridgehead atoms. The number of esters is 1. The minimum atomic E-state index is -0.642. The second-order valence-electron chi connectivity index (χ2n) is 11.5. The quantitative estimate of drug-likeness (QED) is 0.252. The Bertz CT molecular complexity index is 1710. The van der Waals surface area contributed by atoms with Gasteiger partial charge in [-0.05, 0) is 86.4 Å². The molecule has 2 aliphatic carbocycles. The van der Waals surface area contributed by atoms with Crippen LogP contribution in [0.15, 0.2) is 54.6 Å². The Morgan fingerprint density at radius 3 is 2.63 bits per heavy atom. The predicted molar refractivity (Wildman–Crippen MR) is 150 cm³/mol. The van der Waals surface area contributed by atoms with Crippen molar-refractivity contribution in [2.75, 3.05) is 13.2 Å². The largest absolute Gasteiger partial charge is 0.466 e. The van der Waals surface area contributed by atoms with Gasteiger partial charge < -0.3 is 9.64 Å². The third-order valence-electron chi connectivity index (χ3n) is 8.87. The van der Waals surface area contributed by atoms with Gasteiger partial charge in [0.2, 0.25) is 0 Å². The van der Waals surface area contributed by atoms with Crippen molar-refractivity contribution < 1.29 is 23.1 Å². The first-order valence-electron chi connectivity index (χ1n) is 14.4. The molecule has 0 spiro atoms. The Balaban J connectivity index is 1.23. The highest BCUT2D eigenvalue weighted by Gasteiger charge is 2.45. The van der Waals surface area contributed by atoms with Gasteiger partial charge in [-0.1, -0.05) is 30.3 Å². The maximum absolute atomic E-state index is 16.1. The molecule has 7 rings (SSSR count). The number of rotatable bonds is 6. The smallest absolute Gasteiger partial charge is 0.309 e. The molecular weight excluding hydrogens is 524 g/mol. The van der Waals surface area contributed by atoms with E-state index in [4.69, 9.17) is 4.74 Å². The molecule has 2 fully saturated rings. The van der Waals surface area contributed by atoms with Gasteiger partial charge in [-0.15, -0.1) is 0 Å². The first-order valence-corrected chi connectivity index (χ1v) is 14.4. The zero-order valence-corrected chi connectivity index (χ0v) is 23.1. The molecule has 210 valence electrons. The summed E-state index contributed by atoms with van der Waals surface area (Å²) in [5.74, 6) is -1.83. The highest BCUT2D eigenvalue weighted by molar-refractivity contribution is 5.96. The zero-order chi connectivity index (χ0) is 28.4. The van der Waals surface area contributed by atoms with Crippen LogP contribution in [-0.4, -0.2) is 39.5 Å². The molecular formula is C33H31F2N3O3. The van der Waals surface area contributed by atoms with Crippen LogP contribution >= 0.6 is 0 Å². The molecule has 1 amide bonds. The van der Waals surface area contributed by atoms with Crippen molar-refractivity contribution in [1.82, 2.24) is 14.5 Å². The summed E-state index contributed by atoms with van der Waals surface area (Å²) < 4.78 is 38.1. The average molecular weight is 556 g/mol. The molecule has 4 aromatic rings. The van der Waals surface area contributed by atoms with Gasteiger partial charge in [-0.25, -0.2) is 13.3 Å². The lowest BCUT2D eigenvalue weighted by Crippen LogP contribution is -2.39. The average Bonchev–Trinajstić information content (AvgIpc) is 3.90. The molecule has 3 heterocycles. The summed E-state index contributed by atoms with van der Waals surface area (Å²) in [5, 5.41) is 4.62. The Kier molecular flexibility index (Phi) is 6.17. The van der Waals surface area contributed by atoms with E-state index in [1.54, 1.807) is 34.5 Å². The van der Waals surface area contributed by atoms with Gasteiger partial charge in [-0.2, -0.15) is 5.10 Å². The maximum Gasteiger partial charge on any atom is 0.309 e. The van der Waals surface area contributed by atoms with Crippen molar-refractivity contribution in [2.24, 2.45) is 5.92 Å². The number of pyridine rings is 1. The van der Waals surface area contributed by atoms with E-state index in [0.717, 1.165) is 36.1 Å². The normalized spacial score (nSPS) is 21.6. The number of ether oxygens (including phenoxy) is 1. The molecule has 6 nitrogen and oxygen atoms in total. The number of aromatic nitrogens is 2. The van der Waals surface area contributed by atoms with Gasteiger partial charge in [0.25, 0.3) is 5.91 Å². The standard InChI is InChI=1S/C33H31F2N3O3/c1-3-41-33(40)25-15-24(25)21-10-11-23(27(34)14-21)28-17-30-31(35)26(16-29(20-8-9-20)38(30)36-28)32(39)37-13-12-19-6-4-5-7-22(19)18(37)2/h4-7,10-11,14,16-18,20,24-25H,3,8-9,12-13,15H2,1-2H3/t18-,24?,25-/m1/s1. The van der Waals surface area contributed by atoms with Crippen LogP contribution < -0.4 is 0 Å². The van der Waals surface area contributed by atoms with Crippen LogP contribution in [0.1, 0.15) is 83.7 Å². The van der Waals surface area contributed by atoms with Crippen molar-refractivity contribution in [3.8, 4) is 11.3 Å². The van der Waals surface area contributed by atoms with Crippen LogP contribution in [0.3, 0.4) is 0 Å². The van der Waals surface area contributed by atoms with E-state index in [0.29, 0.717) is 25.3 Å². The molecule has 8 heteroatoms. The number of fused-ring (bicyclic) bond motifs is 2. The highest BCUT2D eigenvalue weighted by atomic mass is 19.1. The number of nitrogens with zero attached hydrogens (tertiary/aromatic N) is 3. The topological polar surface area (TPSA) is 63.9 Å². The van der Waals surface area contributed by atoms with Crippen LogP contribution in [0.25, 0.3) is 16.8 Å². The van der Waals surface area contributed by atoms with E-state index in [1.165, 1.54) is 17.7 Å². The Labute approximate surface area is 236 Å². The van der Waals surface area contributed by atoms with Gasteiger partial charge in [0.15, 0.2) is 5.82 Å². The lowest BCUT2D eigenvalue weighted by molar-refractivity contribution is -0.144. The Morgan fingerprint density at radius 2 is 1.88 bits per heavy atom. The SMILES string of the molecule is CCOC(=O)[C@@H]1CC1c1ccc(-c2cc3c(F)c(C(=O)N4CCc5ccccc5[C@H]4C)cc(C4CC4)n3n2)c(F)c1. The van der Waals surface area contributed by atoms with Crippen LogP contribution in [0, 0.1) is 17.6 Å². The van der Waals surface area contributed by atoms with E-state index >= 15 is 8.78 Å². The van der Waals surface area contributed by atoms with Crippen LogP contribution in [0.4, 0.5) is 8.78 Å². The Hall–Kier alpha value is -4.07. The molecule has 0 saturated heterocycles. The molecule has 2 saturated carbocycles. The van der Waals surface area contributed by atoms with Gasteiger partial charge >= 0.3 is 5.97 Å². The fraction of sp³-hybridized carbons (Fsp3) is 0.364. The minimum absolute atomic E-state index is 0.0339. The van der Waals surface area contributed by atoms with Crippen molar-refractivity contribution in [3.63, 3.8) is 0 Å². The molecule has 0 radical (unpaired) electrons. The summed E-state index contributed by atoms with van der Waals surface area (Å²) in [6, 6.07) is 15.9. The van der Waals surface area contributed by atoms with Crippen LogP contribution in [0.2, 0.25) is 0 Å². The molecule has 2 aromatic carbocycles. The maximum atomic E-state index is 16.1. The second-order valence-corrected chi connectivity index (χ2v) is 11.5. The lowest BCUT2D eigenvalue weighted by Gasteiger charge is -2.35. The first-order chi connectivity index (χ1) is 19.9. The van der Waals surface area contributed by atoms with Gasteiger partial charge in [0, 0.05) is 23.7 Å². The summed E-state index contributed by atoms with van der Waals surface area (Å²) >= 11 is 0. The Morgan fingerprint density at radius 1 is 1.07 bits per heavy atom. The van der Waals surface area contributed by atoms with Crippen LogP contribution in [0.5, 0.6) is 0 Å². The van der Waals surface area contributed by atoms with E-state index in [9.17, 15) is 9.59 Å². The number of amides is 1. The molecule has 3 atom stereocenters. The number of benzene rings is 2. The summed E-state index contributed by atoms with van der Waals surface area (Å²) in [6.45, 7) is 4.58. The lowest BCUT2D eigenvalue weighted by atomic mass is 9.93. The summed E-state index contributed by atoms with van der Waals surface area (Å²) in [7, 11) is 0. The van der Waals surface area contributed by atoms with Crippen molar-refractivity contribution in [1.29, 1.82) is 0 Å². The third kappa shape index (κ3) is 4.40. The minimum Gasteiger partial charge on any atom is -0.466 e. The zero-order valence-electron chi connectivity index (χ0n) is 23.1. The van der Waals surface area contributed by atoms with E-state index in [2.05, 4.69) is 11.2 Å². The fourth-order valence-corrected chi connectivity index (χ4v) is 6.35. The van der Waals surface area contributed by atoms with E-state index in [1.807, 2.05) is 25.1 Å². The summed E-state index contributed by atoms with van der Waals surface area (Å²) in [5.41, 5.74) is 4.57. The van der Waals surface area contributed by atoms with Gasteiger partial charge in [0.05, 0.1) is 29.8 Å². The number of carbonyl (C=O) groups excluding carboxylic acids is 2. The van der Waals surface area contributed by atoms with Crippen molar-refractivity contribution in [3.05, 3.63) is 94.2 Å². The molecule has 41 heavy (non-hydrogen) atoms. The molecule has 2 aromatic heterocycles. The van der Waals surface area contributed by atoms with Gasteiger partial charge in [-0.3, -0.25) is 9.59 Å². The monoisotopic (exact) mass is 555 g/mol. The summed E-state index contributed by atoms with van der Waals surface area (Å²) in [6.07, 6.45) is 3.23. The number of halogens is 2. The molecule has 1 aliphatic heterocycles. The molecule has 3 aliphatic rings. The van der Waals surface area contributed by atoms with E-state index < -0.39 is 11.6 Å². The first kappa shape index (κ1) is 25.9. The van der Waals surface area contributed by atoms with E-state index in [-0.39, 0.29) is 52.3 Å². The van der Waals surface area contributed by atoms with Crippen molar-refractivity contribution >= 4 is 17.4 Å². The highest BCUT2D eigenvalue weighted by Crippen LogP contribution is 2.49. The number of carbonyl (C=O) groups is 2. The number of hydrogen-bond donors (Lipinski definition) is 0. The molecule has 0 N–H and O–H groups in total. The van der Waals surface area contributed by atoms with Crippen molar-refractivity contribution in [2.45, 2.75) is 57.4 Å². The fourth-order valence-electron chi connectivity index (χ4n) is 6.35. The number of hydrogen-bond acceptors (Lipinski definition) is 4. The van der Waals surface area contributed by atoms with Crippen LogP contribution in [-0.2, 0) is 16.0 Å². The molecule has 1 unspecified atom stereocenters. The van der Waals surface area contributed by atoms with Gasteiger partial charge in [0.1, 0.15) is 11.3 Å².